The smallest absolute Gasteiger partial charge is 0.240 e. The van der Waals surface area contributed by atoms with E-state index < -0.39 is 10.0 Å². The minimum Gasteiger partial charge on any atom is -0.399 e. The molecule has 0 aliphatic rings. The Morgan fingerprint density at radius 1 is 1.33 bits per heavy atom. The zero-order valence-electron chi connectivity index (χ0n) is 10.8. The largest absolute Gasteiger partial charge is 0.399 e. The highest BCUT2D eigenvalue weighted by Gasteiger charge is 2.17. The van der Waals surface area contributed by atoms with Gasteiger partial charge in [-0.1, -0.05) is 13.0 Å². The number of hydrogen-bond donors (Lipinski definition) is 2. The lowest BCUT2D eigenvalue weighted by Gasteiger charge is -2.11. The standard InChI is InChI=1S/C12H20N2O3S/c1-3-10-5-6-11(13)9-12(10)18(15,16)14-7-8-17-4-2/h5-6,9,14H,3-4,7-8,13H2,1-2H3. The second kappa shape index (κ2) is 6.72. The van der Waals surface area contributed by atoms with Crippen LogP contribution in [-0.2, 0) is 21.2 Å². The molecule has 1 rings (SSSR count). The van der Waals surface area contributed by atoms with Crippen LogP contribution in [0.25, 0.3) is 0 Å². The monoisotopic (exact) mass is 272 g/mol. The van der Waals surface area contributed by atoms with Gasteiger partial charge in [0.15, 0.2) is 0 Å². The molecule has 0 unspecified atom stereocenters. The molecule has 18 heavy (non-hydrogen) atoms. The number of benzene rings is 1. The third kappa shape index (κ3) is 3.97. The third-order valence-electron chi connectivity index (χ3n) is 2.50. The maximum Gasteiger partial charge on any atom is 0.240 e. The molecule has 0 saturated heterocycles. The summed E-state index contributed by atoms with van der Waals surface area (Å²) in [6, 6.07) is 4.94. The number of anilines is 1. The number of nitrogens with two attached hydrogens (primary N) is 1. The van der Waals surface area contributed by atoms with Gasteiger partial charge in [-0.15, -0.1) is 0 Å². The summed E-state index contributed by atoms with van der Waals surface area (Å²) >= 11 is 0. The molecule has 6 heteroatoms. The van der Waals surface area contributed by atoms with E-state index in [0.717, 1.165) is 5.56 Å². The van der Waals surface area contributed by atoms with E-state index in [4.69, 9.17) is 10.5 Å². The van der Waals surface area contributed by atoms with Crippen molar-refractivity contribution in [1.82, 2.24) is 4.72 Å². The summed E-state index contributed by atoms with van der Waals surface area (Å²) in [5, 5.41) is 0. The topological polar surface area (TPSA) is 81.4 Å². The fourth-order valence-electron chi connectivity index (χ4n) is 1.58. The van der Waals surface area contributed by atoms with Crippen molar-refractivity contribution in [1.29, 1.82) is 0 Å². The average Bonchev–Trinajstić information content (AvgIpc) is 2.35. The summed E-state index contributed by atoms with van der Waals surface area (Å²) in [7, 11) is -3.52. The van der Waals surface area contributed by atoms with Crippen LogP contribution in [0.5, 0.6) is 0 Å². The van der Waals surface area contributed by atoms with Crippen molar-refractivity contribution in [2.75, 3.05) is 25.5 Å². The Balaban J connectivity index is 2.87. The van der Waals surface area contributed by atoms with E-state index in [-0.39, 0.29) is 11.4 Å². The summed E-state index contributed by atoms with van der Waals surface area (Å²) in [6.07, 6.45) is 0.641. The maximum absolute atomic E-state index is 12.1. The summed E-state index contributed by atoms with van der Waals surface area (Å²) < 4.78 is 31.8. The second-order valence-electron chi connectivity index (χ2n) is 3.82. The molecule has 0 spiro atoms. The Hall–Kier alpha value is -1.11. The van der Waals surface area contributed by atoms with E-state index in [0.29, 0.717) is 25.3 Å². The summed E-state index contributed by atoms with van der Waals surface area (Å²) in [4.78, 5) is 0.251. The zero-order chi connectivity index (χ0) is 13.6. The number of nitrogen functional groups attached to an aromatic ring is 1. The van der Waals surface area contributed by atoms with Gasteiger partial charge in [0.25, 0.3) is 0 Å². The molecule has 5 nitrogen and oxygen atoms in total. The number of hydrogen-bond acceptors (Lipinski definition) is 4. The molecule has 0 heterocycles. The Bertz CT molecular complexity index is 486. The highest BCUT2D eigenvalue weighted by atomic mass is 32.2. The second-order valence-corrected chi connectivity index (χ2v) is 5.55. The number of nitrogens with one attached hydrogen (secondary N) is 1. The highest BCUT2D eigenvalue weighted by Crippen LogP contribution is 2.19. The quantitative estimate of drug-likeness (QED) is 0.576. The van der Waals surface area contributed by atoms with Gasteiger partial charge >= 0.3 is 0 Å². The molecule has 3 N–H and O–H groups in total. The molecule has 0 amide bonds. The lowest BCUT2D eigenvalue weighted by Crippen LogP contribution is -2.28. The van der Waals surface area contributed by atoms with E-state index in [1.807, 2.05) is 13.8 Å². The molecule has 0 bridgehead atoms. The van der Waals surface area contributed by atoms with Gasteiger partial charge in [-0.25, -0.2) is 13.1 Å². The number of rotatable bonds is 7. The molecular formula is C12H20N2O3S. The van der Waals surface area contributed by atoms with E-state index in [1.54, 1.807) is 12.1 Å². The summed E-state index contributed by atoms with van der Waals surface area (Å²) in [5.74, 6) is 0. The first-order valence-corrected chi connectivity index (χ1v) is 7.45. The van der Waals surface area contributed by atoms with Crippen molar-refractivity contribution in [3.05, 3.63) is 23.8 Å². The summed E-state index contributed by atoms with van der Waals surface area (Å²) in [6.45, 7) is 4.96. The van der Waals surface area contributed by atoms with Crippen LogP contribution in [0, 0.1) is 0 Å². The van der Waals surface area contributed by atoms with Crippen molar-refractivity contribution < 1.29 is 13.2 Å². The van der Waals surface area contributed by atoms with Crippen LogP contribution in [0.4, 0.5) is 5.69 Å². The van der Waals surface area contributed by atoms with Crippen molar-refractivity contribution in [2.45, 2.75) is 25.2 Å². The molecular weight excluding hydrogens is 252 g/mol. The van der Waals surface area contributed by atoms with Crippen LogP contribution in [0.15, 0.2) is 23.1 Å². The van der Waals surface area contributed by atoms with Crippen molar-refractivity contribution in [3.63, 3.8) is 0 Å². The molecule has 0 radical (unpaired) electrons. The summed E-state index contributed by atoms with van der Waals surface area (Å²) in [5.41, 5.74) is 6.84. The molecule has 0 aromatic heterocycles. The Labute approximate surface area is 108 Å². The van der Waals surface area contributed by atoms with Crippen LogP contribution in [0.1, 0.15) is 19.4 Å². The molecule has 102 valence electrons. The first kappa shape index (κ1) is 14.9. The van der Waals surface area contributed by atoms with Gasteiger partial charge in [-0.2, -0.15) is 0 Å². The molecule has 0 saturated carbocycles. The first-order valence-electron chi connectivity index (χ1n) is 5.97. The molecule has 0 fully saturated rings. The van der Waals surface area contributed by atoms with Gasteiger partial charge in [-0.05, 0) is 31.0 Å². The van der Waals surface area contributed by atoms with Crippen molar-refractivity contribution >= 4 is 15.7 Å². The SMILES string of the molecule is CCOCCNS(=O)(=O)c1cc(N)ccc1CC. The van der Waals surface area contributed by atoms with Crippen molar-refractivity contribution in [3.8, 4) is 0 Å². The van der Waals surface area contributed by atoms with Gasteiger partial charge in [0.05, 0.1) is 11.5 Å². The minimum atomic E-state index is -3.52. The Morgan fingerprint density at radius 2 is 2.06 bits per heavy atom. The molecule has 0 aliphatic heterocycles. The fraction of sp³-hybridized carbons (Fsp3) is 0.500. The van der Waals surface area contributed by atoms with E-state index >= 15 is 0 Å². The van der Waals surface area contributed by atoms with E-state index in [1.165, 1.54) is 6.07 Å². The van der Waals surface area contributed by atoms with Gasteiger partial charge in [-0.3, -0.25) is 0 Å². The lowest BCUT2D eigenvalue weighted by molar-refractivity contribution is 0.153. The average molecular weight is 272 g/mol. The van der Waals surface area contributed by atoms with Gasteiger partial charge < -0.3 is 10.5 Å². The zero-order valence-corrected chi connectivity index (χ0v) is 11.6. The Kier molecular flexibility index (Phi) is 5.58. The van der Waals surface area contributed by atoms with Gasteiger partial charge in [0.2, 0.25) is 10.0 Å². The highest BCUT2D eigenvalue weighted by molar-refractivity contribution is 7.89. The van der Waals surface area contributed by atoms with Crippen LogP contribution >= 0.6 is 0 Å². The molecule has 1 aromatic rings. The predicted molar refractivity (Wildman–Crippen MR) is 71.9 cm³/mol. The van der Waals surface area contributed by atoms with E-state index in [9.17, 15) is 8.42 Å². The van der Waals surface area contributed by atoms with Crippen LogP contribution < -0.4 is 10.5 Å². The lowest BCUT2D eigenvalue weighted by atomic mass is 10.1. The fourth-order valence-corrected chi connectivity index (χ4v) is 2.94. The first-order chi connectivity index (χ1) is 8.51. The molecule has 1 aromatic carbocycles. The maximum atomic E-state index is 12.1. The predicted octanol–water partition coefficient (Wildman–Crippen LogP) is 1.15. The van der Waals surface area contributed by atoms with Crippen LogP contribution in [0.2, 0.25) is 0 Å². The van der Waals surface area contributed by atoms with Crippen LogP contribution in [0.3, 0.4) is 0 Å². The third-order valence-corrected chi connectivity index (χ3v) is 4.05. The molecule has 0 aliphatic carbocycles. The van der Waals surface area contributed by atoms with Crippen LogP contribution in [-0.4, -0.2) is 28.2 Å². The number of aryl methyl sites for hydroxylation is 1. The van der Waals surface area contributed by atoms with Gasteiger partial charge in [0, 0.05) is 18.8 Å². The van der Waals surface area contributed by atoms with Crippen molar-refractivity contribution in [2.24, 2.45) is 0 Å². The number of sulfonamides is 1. The van der Waals surface area contributed by atoms with E-state index in [2.05, 4.69) is 4.72 Å². The van der Waals surface area contributed by atoms with Gasteiger partial charge in [0.1, 0.15) is 0 Å². The number of ether oxygens (including phenoxy) is 1. The Morgan fingerprint density at radius 3 is 2.67 bits per heavy atom. The minimum absolute atomic E-state index is 0.251. The molecule has 0 atom stereocenters. The normalized spacial score (nSPS) is 11.7.